The number of H-pyrrole nitrogens is 1. The van der Waals surface area contributed by atoms with E-state index in [-0.39, 0.29) is 16.2 Å². The summed E-state index contributed by atoms with van der Waals surface area (Å²) in [6.07, 6.45) is 0. The topological polar surface area (TPSA) is 101 Å². The molecule has 0 aliphatic heterocycles. The third-order valence-electron chi connectivity index (χ3n) is 4.18. The van der Waals surface area contributed by atoms with E-state index in [1.807, 2.05) is 19.9 Å². The first-order valence-corrected chi connectivity index (χ1v) is 10.5. The van der Waals surface area contributed by atoms with Crippen LogP contribution in [-0.2, 0) is 10.0 Å². The molecule has 9 heteroatoms. The molecule has 0 saturated carbocycles. The van der Waals surface area contributed by atoms with Gasteiger partial charge < -0.3 is 4.74 Å². The highest BCUT2D eigenvalue weighted by Crippen LogP contribution is 2.32. The highest BCUT2D eigenvalue weighted by Gasteiger charge is 2.22. The molecule has 0 atom stereocenters. The molecule has 3 aromatic rings. The predicted octanol–water partition coefficient (Wildman–Crippen LogP) is 3.63. The van der Waals surface area contributed by atoms with Crippen LogP contribution in [0.1, 0.15) is 11.1 Å². The van der Waals surface area contributed by atoms with Crippen LogP contribution in [-0.4, -0.2) is 25.7 Å². The van der Waals surface area contributed by atoms with Gasteiger partial charge in [-0.1, -0.05) is 15.9 Å². The van der Waals surface area contributed by atoms with E-state index in [0.29, 0.717) is 16.9 Å². The second-order valence-corrected chi connectivity index (χ2v) is 8.70. The van der Waals surface area contributed by atoms with E-state index in [1.165, 1.54) is 25.3 Å². The molecule has 7 nitrogen and oxygen atoms in total. The number of halogens is 1. The first-order valence-electron chi connectivity index (χ1n) is 8.25. The second kappa shape index (κ2) is 7.76. The molecule has 0 amide bonds. The summed E-state index contributed by atoms with van der Waals surface area (Å²) >= 11 is 3.44. The number of nitrogens with one attached hydrogen (secondary N) is 2. The Morgan fingerprint density at radius 3 is 2.46 bits per heavy atom. The van der Waals surface area contributed by atoms with Gasteiger partial charge in [-0.15, -0.1) is 0 Å². The van der Waals surface area contributed by atoms with Crippen LogP contribution in [0.15, 0.2) is 56.6 Å². The Hall–Kier alpha value is -2.65. The van der Waals surface area contributed by atoms with Gasteiger partial charge in [0, 0.05) is 16.1 Å². The average Bonchev–Trinajstić information content (AvgIpc) is 2.66. The van der Waals surface area contributed by atoms with Crippen molar-refractivity contribution in [3.8, 4) is 17.0 Å². The smallest absolute Gasteiger partial charge is 0.265 e. The Labute approximate surface area is 171 Å². The van der Waals surface area contributed by atoms with Gasteiger partial charge in [0.1, 0.15) is 10.6 Å². The van der Waals surface area contributed by atoms with Gasteiger partial charge in [0.25, 0.3) is 15.6 Å². The van der Waals surface area contributed by atoms with Gasteiger partial charge in [0.15, 0.2) is 0 Å². The Morgan fingerprint density at radius 1 is 1.07 bits per heavy atom. The molecular formula is C19H18BrN3O4S. The number of methoxy groups -OCH3 is 1. The number of hydrogen-bond acceptors (Lipinski definition) is 5. The lowest BCUT2D eigenvalue weighted by Crippen LogP contribution is -2.15. The normalized spacial score (nSPS) is 11.3. The highest BCUT2D eigenvalue weighted by molar-refractivity contribution is 9.10. The second-order valence-electron chi connectivity index (χ2n) is 6.19. The van der Waals surface area contributed by atoms with E-state index in [2.05, 4.69) is 30.8 Å². The SMILES string of the molecule is COc1ccc(-c2ccc(=O)[nH]n2)cc1S(=O)(=O)Nc1cc(C)c(Br)cc1C. The molecule has 0 aliphatic carbocycles. The van der Waals surface area contributed by atoms with Gasteiger partial charge in [-0.2, -0.15) is 5.10 Å². The zero-order chi connectivity index (χ0) is 20.5. The van der Waals surface area contributed by atoms with Gasteiger partial charge in [-0.3, -0.25) is 9.52 Å². The lowest BCUT2D eigenvalue weighted by atomic mass is 10.1. The lowest BCUT2D eigenvalue weighted by Gasteiger charge is -2.15. The van der Waals surface area contributed by atoms with Crippen LogP contribution in [0.3, 0.4) is 0 Å². The number of rotatable bonds is 5. The number of anilines is 1. The van der Waals surface area contributed by atoms with E-state index in [1.54, 1.807) is 18.2 Å². The number of aryl methyl sites for hydroxylation is 2. The molecule has 0 aliphatic rings. The molecule has 0 spiro atoms. The summed E-state index contributed by atoms with van der Waals surface area (Å²) in [4.78, 5) is 11.2. The maximum Gasteiger partial charge on any atom is 0.265 e. The third-order valence-corrected chi connectivity index (χ3v) is 6.42. The van der Waals surface area contributed by atoms with Crippen molar-refractivity contribution >= 4 is 31.6 Å². The Morgan fingerprint density at radius 2 is 1.82 bits per heavy atom. The van der Waals surface area contributed by atoms with Crippen LogP contribution < -0.4 is 15.0 Å². The molecule has 2 aromatic carbocycles. The fourth-order valence-corrected chi connectivity index (χ4v) is 4.42. The fraction of sp³-hybridized carbons (Fsp3) is 0.158. The zero-order valence-corrected chi connectivity index (χ0v) is 17.8. The van der Waals surface area contributed by atoms with Gasteiger partial charge >= 0.3 is 0 Å². The quantitative estimate of drug-likeness (QED) is 0.601. The van der Waals surface area contributed by atoms with E-state index in [0.717, 1.165) is 15.6 Å². The van der Waals surface area contributed by atoms with Gasteiger partial charge in [-0.25, -0.2) is 13.5 Å². The maximum absolute atomic E-state index is 13.1. The molecule has 1 aromatic heterocycles. The van der Waals surface area contributed by atoms with E-state index < -0.39 is 10.0 Å². The molecule has 28 heavy (non-hydrogen) atoms. The monoisotopic (exact) mass is 463 g/mol. The molecule has 1 heterocycles. The number of aromatic amines is 1. The largest absolute Gasteiger partial charge is 0.495 e. The molecule has 3 rings (SSSR count). The summed E-state index contributed by atoms with van der Waals surface area (Å²) in [6, 6.07) is 11.1. The molecule has 2 N–H and O–H groups in total. The minimum absolute atomic E-state index is 0.0273. The van der Waals surface area contributed by atoms with E-state index >= 15 is 0 Å². The van der Waals surface area contributed by atoms with E-state index in [4.69, 9.17) is 4.74 Å². The standard InChI is InChI=1S/C19H18BrN3O4S/c1-11-9-16(12(2)8-14(11)20)23-28(25,26)18-10-13(4-6-17(18)27-3)15-5-7-19(24)22-21-15/h4-10,23H,1-3H3,(H,22,24). The Bertz CT molecular complexity index is 1190. The minimum Gasteiger partial charge on any atom is -0.495 e. The Balaban J connectivity index is 2.07. The van der Waals surface area contributed by atoms with Crippen molar-refractivity contribution < 1.29 is 13.2 Å². The van der Waals surface area contributed by atoms with Crippen molar-refractivity contribution in [3.63, 3.8) is 0 Å². The number of benzene rings is 2. The number of hydrogen-bond donors (Lipinski definition) is 2. The third kappa shape index (κ3) is 4.10. The van der Waals surface area contributed by atoms with Crippen molar-refractivity contribution in [1.29, 1.82) is 0 Å². The summed E-state index contributed by atoms with van der Waals surface area (Å²) in [5, 5.41) is 6.29. The maximum atomic E-state index is 13.1. The van der Waals surface area contributed by atoms with Gasteiger partial charge in [-0.05, 0) is 61.4 Å². The fourth-order valence-electron chi connectivity index (χ4n) is 2.64. The summed E-state index contributed by atoms with van der Waals surface area (Å²) in [5.74, 6) is 0.201. The number of aromatic nitrogens is 2. The van der Waals surface area contributed by atoms with Crippen LogP contribution in [0.5, 0.6) is 5.75 Å². The van der Waals surface area contributed by atoms with Crippen LogP contribution in [0, 0.1) is 13.8 Å². The Kier molecular flexibility index (Phi) is 5.57. The van der Waals surface area contributed by atoms with E-state index in [9.17, 15) is 13.2 Å². The lowest BCUT2D eigenvalue weighted by molar-refractivity contribution is 0.403. The highest BCUT2D eigenvalue weighted by atomic mass is 79.9. The van der Waals surface area contributed by atoms with Crippen LogP contribution >= 0.6 is 15.9 Å². The minimum atomic E-state index is -3.94. The number of ether oxygens (including phenoxy) is 1. The van der Waals surface area contributed by atoms with Gasteiger partial charge in [0.05, 0.1) is 18.5 Å². The molecule has 0 fully saturated rings. The molecule has 146 valence electrons. The van der Waals surface area contributed by atoms with Crippen molar-refractivity contribution in [1.82, 2.24) is 10.2 Å². The van der Waals surface area contributed by atoms with Gasteiger partial charge in [0.2, 0.25) is 0 Å². The van der Waals surface area contributed by atoms with Crippen molar-refractivity contribution in [2.75, 3.05) is 11.8 Å². The average molecular weight is 464 g/mol. The number of nitrogens with zero attached hydrogens (tertiary/aromatic N) is 1. The molecule has 0 bridgehead atoms. The van der Waals surface area contributed by atoms with Crippen LogP contribution in [0.25, 0.3) is 11.3 Å². The first-order chi connectivity index (χ1) is 13.2. The molecular weight excluding hydrogens is 446 g/mol. The summed E-state index contributed by atoms with van der Waals surface area (Å²) in [6.45, 7) is 3.70. The van der Waals surface area contributed by atoms with Crippen molar-refractivity contribution in [3.05, 3.63) is 68.4 Å². The first kappa shape index (κ1) is 20.1. The predicted molar refractivity (Wildman–Crippen MR) is 111 cm³/mol. The summed E-state index contributed by atoms with van der Waals surface area (Å²) in [7, 11) is -2.53. The molecule has 0 radical (unpaired) electrons. The summed E-state index contributed by atoms with van der Waals surface area (Å²) < 4.78 is 34.9. The van der Waals surface area contributed by atoms with Crippen LogP contribution in [0.4, 0.5) is 5.69 Å². The number of sulfonamides is 1. The summed E-state index contributed by atoms with van der Waals surface area (Å²) in [5.41, 5.74) is 2.79. The van der Waals surface area contributed by atoms with Crippen molar-refractivity contribution in [2.24, 2.45) is 0 Å². The van der Waals surface area contributed by atoms with Crippen molar-refractivity contribution in [2.45, 2.75) is 18.7 Å². The molecule has 0 unspecified atom stereocenters. The molecule has 0 saturated heterocycles. The van der Waals surface area contributed by atoms with Crippen LogP contribution in [0.2, 0.25) is 0 Å². The zero-order valence-electron chi connectivity index (χ0n) is 15.4.